The number of benzene rings is 1. The Hall–Kier alpha value is -2.80. The number of hydrogen-bond acceptors (Lipinski definition) is 3. The van der Waals surface area contributed by atoms with Crippen LogP contribution in [0.2, 0.25) is 0 Å². The quantitative estimate of drug-likeness (QED) is 0.640. The maximum absolute atomic E-state index is 12.5. The zero-order chi connectivity index (χ0) is 18.1. The van der Waals surface area contributed by atoms with Gasteiger partial charge in [-0.3, -0.25) is 4.79 Å². The van der Waals surface area contributed by atoms with Crippen LogP contribution in [0.5, 0.6) is 0 Å². The molecule has 0 aliphatic heterocycles. The maximum atomic E-state index is 12.5. The molecule has 1 heterocycles. The van der Waals surface area contributed by atoms with E-state index in [1.54, 1.807) is 0 Å². The van der Waals surface area contributed by atoms with Gasteiger partial charge in [-0.1, -0.05) is 24.6 Å². The van der Waals surface area contributed by atoms with Gasteiger partial charge in [0, 0.05) is 17.7 Å². The van der Waals surface area contributed by atoms with Gasteiger partial charge in [-0.25, -0.2) is 0 Å². The van der Waals surface area contributed by atoms with Gasteiger partial charge in [0.25, 0.3) is 5.91 Å². The number of aryl methyl sites for hydroxylation is 3. The Bertz CT molecular complexity index is 876. The van der Waals surface area contributed by atoms with Gasteiger partial charge in [0.15, 0.2) is 0 Å². The zero-order valence-electron chi connectivity index (χ0n) is 15.0. The van der Waals surface area contributed by atoms with E-state index < -0.39 is 5.91 Å². The number of nitrogens with zero attached hydrogens (tertiary/aromatic N) is 1. The average molecular weight is 334 g/mol. The Morgan fingerprint density at radius 3 is 2.48 bits per heavy atom. The maximum Gasteiger partial charge on any atom is 0.266 e. The van der Waals surface area contributed by atoms with E-state index in [9.17, 15) is 10.1 Å². The summed E-state index contributed by atoms with van der Waals surface area (Å²) in [6.07, 6.45) is 2.64. The van der Waals surface area contributed by atoms with E-state index >= 15 is 0 Å². The topological polar surface area (TPSA) is 66.0 Å². The van der Waals surface area contributed by atoms with Crippen molar-refractivity contribution in [2.75, 3.05) is 5.32 Å². The first kappa shape index (κ1) is 17.0. The van der Waals surface area contributed by atoms with Crippen LogP contribution in [0.1, 0.15) is 47.5 Å². The lowest BCUT2D eigenvalue weighted by molar-refractivity contribution is -0.112. The molecule has 1 aromatic carbocycles. The summed E-state index contributed by atoms with van der Waals surface area (Å²) in [6, 6.07) is 9.73. The molecule has 0 saturated heterocycles. The van der Waals surface area contributed by atoms with Crippen LogP contribution < -0.4 is 5.32 Å². The fraction of sp³-hybridized carbons (Fsp3) is 0.333. The molecule has 0 bridgehead atoms. The molecule has 3 rings (SSSR count). The van der Waals surface area contributed by atoms with E-state index in [4.69, 9.17) is 4.42 Å². The van der Waals surface area contributed by atoms with E-state index in [-0.39, 0.29) is 5.57 Å². The molecule has 0 spiro atoms. The second-order valence-electron chi connectivity index (χ2n) is 6.96. The molecule has 128 valence electrons. The van der Waals surface area contributed by atoms with Gasteiger partial charge in [0.2, 0.25) is 0 Å². The van der Waals surface area contributed by atoms with Gasteiger partial charge in [0.1, 0.15) is 23.2 Å². The SMILES string of the molecule is Cc1cc(C)c(NC(=O)/C(C#N)=C/c2ccc([C@H]3C[C@@H]3C)o2)c(C)c1. The number of hydrogen-bond donors (Lipinski definition) is 1. The number of carbonyl (C=O) groups is 1. The second kappa shape index (κ2) is 6.60. The first-order valence-electron chi connectivity index (χ1n) is 8.49. The molecule has 0 unspecified atom stereocenters. The summed E-state index contributed by atoms with van der Waals surface area (Å²) in [4.78, 5) is 12.5. The lowest BCUT2D eigenvalue weighted by atomic mass is 10.0. The molecule has 0 radical (unpaired) electrons. The Labute approximate surface area is 148 Å². The molecule has 1 amide bonds. The van der Waals surface area contributed by atoms with Gasteiger partial charge in [-0.2, -0.15) is 5.26 Å². The molecule has 1 aliphatic carbocycles. The molecule has 1 fully saturated rings. The van der Waals surface area contributed by atoms with Crippen LogP contribution in [-0.2, 0) is 4.79 Å². The molecular formula is C21H22N2O2. The number of nitriles is 1. The third kappa shape index (κ3) is 3.66. The van der Waals surface area contributed by atoms with Gasteiger partial charge in [-0.05, 0) is 56.4 Å². The van der Waals surface area contributed by atoms with Crippen molar-refractivity contribution >= 4 is 17.7 Å². The van der Waals surface area contributed by atoms with Gasteiger partial charge in [0.05, 0.1) is 0 Å². The van der Waals surface area contributed by atoms with Crippen LogP contribution in [0, 0.1) is 38.0 Å². The summed E-state index contributed by atoms with van der Waals surface area (Å²) >= 11 is 0. The largest absolute Gasteiger partial charge is 0.461 e. The van der Waals surface area contributed by atoms with Gasteiger partial charge in [-0.15, -0.1) is 0 Å². The normalized spacial score (nSPS) is 19.4. The number of carbonyl (C=O) groups excluding carboxylic acids is 1. The van der Waals surface area contributed by atoms with E-state index in [1.165, 1.54) is 6.08 Å². The second-order valence-corrected chi connectivity index (χ2v) is 6.96. The molecule has 4 nitrogen and oxygen atoms in total. The summed E-state index contributed by atoms with van der Waals surface area (Å²) in [6.45, 7) is 8.09. The third-order valence-corrected chi connectivity index (χ3v) is 4.69. The molecule has 4 heteroatoms. The van der Waals surface area contributed by atoms with Crippen LogP contribution in [0.15, 0.2) is 34.3 Å². The Balaban J connectivity index is 1.80. The minimum Gasteiger partial charge on any atom is -0.461 e. The minimum absolute atomic E-state index is 0.0316. The van der Waals surface area contributed by atoms with Gasteiger partial charge >= 0.3 is 0 Å². The molecule has 1 aliphatic rings. The van der Waals surface area contributed by atoms with Crippen molar-refractivity contribution in [2.45, 2.75) is 40.0 Å². The molecule has 1 N–H and O–H groups in total. The Kier molecular flexibility index (Phi) is 4.50. The lowest BCUT2D eigenvalue weighted by Gasteiger charge is -2.12. The molecule has 1 aromatic heterocycles. The minimum atomic E-state index is -0.421. The molecule has 2 aromatic rings. The van der Waals surface area contributed by atoms with Crippen molar-refractivity contribution in [2.24, 2.45) is 5.92 Å². The van der Waals surface area contributed by atoms with Crippen LogP contribution >= 0.6 is 0 Å². The number of rotatable bonds is 4. The van der Waals surface area contributed by atoms with Crippen molar-refractivity contribution in [1.29, 1.82) is 5.26 Å². The summed E-state index contributed by atoms with van der Waals surface area (Å²) in [7, 11) is 0. The Morgan fingerprint density at radius 2 is 1.92 bits per heavy atom. The summed E-state index contributed by atoms with van der Waals surface area (Å²) in [5.41, 5.74) is 3.88. The van der Waals surface area contributed by atoms with Crippen molar-refractivity contribution in [1.82, 2.24) is 0 Å². The van der Waals surface area contributed by atoms with Crippen molar-refractivity contribution in [3.63, 3.8) is 0 Å². The molecular weight excluding hydrogens is 312 g/mol. The van der Waals surface area contributed by atoms with Crippen molar-refractivity contribution in [3.8, 4) is 6.07 Å². The Morgan fingerprint density at radius 1 is 1.28 bits per heavy atom. The monoisotopic (exact) mass is 334 g/mol. The van der Waals surface area contributed by atoms with Gasteiger partial charge < -0.3 is 9.73 Å². The van der Waals surface area contributed by atoms with Crippen LogP contribution in [-0.4, -0.2) is 5.91 Å². The van der Waals surface area contributed by atoms with Crippen LogP contribution in [0.25, 0.3) is 6.08 Å². The predicted molar refractivity (Wildman–Crippen MR) is 98.1 cm³/mol. The van der Waals surface area contributed by atoms with Crippen molar-refractivity contribution < 1.29 is 9.21 Å². The molecule has 25 heavy (non-hydrogen) atoms. The first-order valence-corrected chi connectivity index (χ1v) is 8.49. The highest BCUT2D eigenvalue weighted by Gasteiger charge is 2.36. The smallest absolute Gasteiger partial charge is 0.266 e. The van der Waals surface area contributed by atoms with E-state index in [2.05, 4.69) is 12.2 Å². The van der Waals surface area contributed by atoms with E-state index in [0.29, 0.717) is 17.6 Å². The lowest BCUT2D eigenvalue weighted by Crippen LogP contribution is -2.15. The summed E-state index contributed by atoms with van der Waals surface area (Å²) in [5, 5.41) is 12.2. The van der Waals surface area contributed by atoms with Crippen molar-refractivity contribution in [3.05, 3.63) is 58.0 Å². The molecule has 2 atom stereocenters. The van der Waals surface area contributed by atoms with E-state index in [0.717, 1.165) is 34.6 Å². The highest BCUT2D eigenvalue weighted by atomic mass is 16.3. The fourth-order valence-corrected chi connectivity index (χ4v) is 3.21. The number of anilines is 1. The summed E-state index contributed by atoms with van der Waals surface area (Å²) in [5.74, 6) is 2.17. The fourth-order valence-electron chi connectivity index (χ4n) is 3.21. The number of furan rings is 1. The third-order valence-electron chi connectivity index (χ3n) is 4.69. The number of nitrogens with one attached hydrogen (secondary N) is 1. The first-order chi connectivity index (χ1) is 11.9. The zero-order valence-corrected chi connectivity index (χ0v) is 15.0. The molecule has 1 saturated carbocycles. The van der Waals surface area contributed by atoms with Crippen LogP contribution in [0.4, 0.5) is 5.69 Å². The summed E-state index contributed by atoms with van der Waals surface area (Å²) < 4.78 is 5.77. The van der Waals surface area contributed by atoms with Crippen LogP contribution in [0.3, 0.4) is 0 Å². The highest BCUT2D eigenvalue weighted by molar-refractivity contribution is 6.10. The average Bonchev–Trinajstić information content (AvgIpc) is 3.09. The number of amides is 1. The predicted octanol–water partition coefficient (Wildman–Crippen LogP) is 4.87. The highest BCUT2D eigenvalue weighted by Crippen LogP contribution is 2.47. The van der Waals surface area contributed by atoms with E-state index in [1.807, 2.05) is 51.1 Å². The standard InChI is InChI=1S/C21H22N2O2/c1-12-7-14(3)20(15(4)8-12)23-21(24)16(11-22)10-17-5-6-19(25-17)18-9-13(18)2/h5-8,10,13,18H,9H2,1-4H3,(H,23,24)/b16-10+/t13-,18-/m0/s1.